The Morgan fingerprint density at radius 2 is 1.95 bits per heavy atom. The van der Waals surface area contributed by atoms with Gasteiger partial charge in [0.05, 0.1) is 0 Å². The highest BCUT2D eigenvalue weighted by Gasteiger charge is 2.41. The maximum Gasteiger partial charge on any atom is 0.0492 e. The Bertz CT molecular complexity index is 416. The number of rotatable bonds is 8. The van der Waals surface area contributed by atoms with Gasteiger partial charge >= 0.3 is 0 Å². The van der Waals surface area contributed by atoms with Gasteiger partial charge in [0.1, 0.15) is 0 Å². The van der Waals surface area contributed by atoms with Crippen molar-refractivity contribution in [3.63, 3.8) is 0 Å². The molecule has 1 aromatic rings. The monoisotopic (exact) mass is 292 g/mol. The first-order valence-electron chi connectivity index (χ1n) is 8.57. The molecule has 0 aliphatic carbocycles. The molecule has 0 saturated carbocycles. The smallest absolute Gasteiger partial charge is 0.0492 e. The standard InChI is InChI=1S/C17H32N4/c1-5-17(6-2,21-13-7-8-14-21)16(18-3)10-9-15-11-12-19-20(15)4/h11-12,16,18H,5-10,13-14H2,1-4H3. The van der Waals surface area contributed by atoms with Gasteiger partial charge in [0, 0.05) is 30.5 Å². The van der Waals surface area contributed by atoms with E-state index in [1.165, 1.54) is 50.9 Å². The maximum atomic E-state index is 4.29. The van der Waals surface area contributed by atoms with E-state index in [2.05, 4.69) is 42.3 Å². The molecule has 1 atom stereocenters. The summed E-state index contributed by atoms with van der Waals surface area (Å²) in [5.74, 6) is 0. The minimum Gasteiger partial charge on any atom is -0.315 e. The van der Waals surface area contributed by atoms with Gasteiger partial charge < -0.3 is 5.32 Å². The van der Waals surface area contributed by atoms with Crippen LogP contribution in [0.25, 0.3) is 0 Å². The van der Waals surface area contributed by atoms with E-state index >= 15 is 0 Å². The molecule has 1 N–H and O–H groups in total. The number of aromatic nitrogens is 2. The fourth-order valence-electron chi connectivity index (χ4n) is 4.19. The summed E-state index contributed by atoms with van der Waals surface area (Å²) in [6.45, 7) is 7.25. The third-order valence-electron chi connectivity index (χ3n) is 5.57. The predicted molar refractivity (Wildman–Crippen MR) is 88.5 cm³/mol. The number of aryl methyl sites for hydroxylation is 2. The fourth-order valence-corrected chi connectivity index (χ4v) is 4.19. The number of nitrogens with one attached hydrogen (secondary N) is 1. The predicted octanol–water partition coefficient (Wildman–Crippen LogP) is 2.60. The van der Waals surface area contributed by atoms with Crippen LogP contribution in [0.4, 0.5) is 0 Å². The number of likely N-dealkylation sites (tertiary alicyclic amines) is 1. The summed E-state index contributed by atoms with van der Waals surface area (Å²) in [4.78, 5) is 2.75. The molecule has 0 radical (unpaired) electrons. The highest BCUT2D eigenvalue weighted by Crippen LogP contribution is 2.33. The fraction of sp³-hybridized carbons (Fsp3) is 0.824. The van der Waals surface area contributed by atoms with Gasteiger partial charge in [-0.1, -0.05) is 13.8 Å². The minimum absolute atomic E-state index is 0.309. The Morgan fingerprint density at radius 1 is 1.29 bits per heavy atom. The highest BCUT2D eigenvalue weighted by molar-refractivity contribution is 5.05. The van der Waals surface area contributed by atoms with Crippen LogP contribution in [0.15, 0.2) is 12.3 Å². The number of likely N-dealkylation sites (N-methyl/N-ethyl adjacent to an activating group) is 1. The van der Waals surface area contributed by atoms with Crippen molar-refractivity contribution >= 4 is 0 Å². The number of nitrogens with zero attached hydrogens (tertiary/aromatic N) is 3. The summed E-state index contributed by atoms with van der Waals surface area (Å²) in [6, 6.07) is 2.68. The molecule has 1 aliphatic heterocycles. The second kappa shape index (κ2) is 7.41. The lowest BCUT2D eigenvalue weighted by Crippen LogP contribution is -2.59. The molecule has 0 aromatic carbocycles. The van der Waals surface area contributed by atoms with Crippen LogP contribution in [0.5, 0.6) is 0 Å². The van der Waals surface area contributed by atoms with E-state index in [9.17, 15) is 0 Å². The molecule has 1 aromatic heterocycles. The van der Waals surface area contributed by atoms with E-state index in [-0.39, 0.29) is 0 Å². The number of hydrogen-bond acceptors (Lipinski definition) is 3. The van der Waals surface area contributed by atoms with Gasteiger partial charge in [-0.3, -0.25) is 9.58 Å². The van der Waals surface area contributed by atoms with Crippen LogP contribution in [-0.2, 0) is 13.5 Å². The van der Waals surface area contributed by atoms with Gasteiger partial charge in [0.2, 0.25) is 0 Å². The molecule has 1 fully saturated rings. The first-order chi connectivity index (χ1) is 10.2. The summed E-state index contributed by atoms with van der Waals surface area (Å²) in [5.41, 5.74) is 1.64. The van der Waals surface area contributed by atoms with Crippen LogP contribution >= 0.6 is 0 Å². The lowest BCUT2D eigenvalue weighted by Gasteiger charge is -2.47. The van der Waals surface area contributed by atoms with Gasteiger partial charge in [0.15, 0.2) is 0 Å². The van der Waals surface area contributed by atoms with Crippen LogP contribution in [0.2, 0.25) is 0 Å². The van der Waals surface area contributed by atoms with Crippen molar-refractivity contribution in [1.29, 1.82) is 0 Å². The maximum absolute atomic E-state index is 4.29. The molecule has 21 heavy (non-hydrogen) atoms. The Labute approximate surface area is 129 Å². The SMILES string of the molecule is CCC(CC)(C(CCc1ccnn1C)NC)N1CCCC1. The Hall–Kier alpha value is -0.870. The van der Waals surface area contributed by atoms with Gasteiger partial charge in [-0.05, 0) is 64.7 Å². The first kappa shape index (κ1) is 16.5. The summed E-state index contributed by atoms with van der Waals surface area (Å²) in [7, 11) is 4.17. The lowest BCUT2D eigenvalue weighted by atomic mass is 9.80. The normalized spacial score (nSPS) is 18.3. The molecule has 2 heterocycles. The van der Waals surface area contributed by atoms with E-state index in [4.69, 9.17) is 0 Å². The third-order valence-corrected chi connectivity index (χ3v) is 5.57. The summed E-state index contributed by atoms with van der Waals surface area (Å²) in [5, 5.41) is 7.92. The van der Waals surface area contributed by atoms with Crippen molar-refractivity contribution in [3.8, 4) is 0 Å². The quantitative estimate of drug-likeness (QED) is 0.799. The topological polar surface area (TPSA) is 33.1 Å². The van der Waals surface area contributed by atoms with Gasteiger partial charge in [-0.25, -0.2) is 0 Å². The van der Waals surface area contributed by atoms with Gasteiger partial charge in [-0.2, -0.15) is 5.10 Å². The van der Waals surface area contributed by atoms with E-state index < -0.39 is 0 Å². The molecule has 4 nitrogen and oxygen atoms in total. The molecule has 1 saturated heterocycles. The van der Waals surface area contributed by atoms with E-state index in [0.29, 0.717) is 11.6 Å². The molecular weight excluding hydrogens is 260 g/mol. The van der Waals surface area contributed by atoms with Crippen LogP contribution in [0.1, 0.15) is 51.6 Å². The molecule has 0 amide bonds. The van der Waals surface area contributed by atoms with Crippen molar-refractivity contribution in [2.24, 2.45) is 7.05 Å². The lowest BCUT2D eigenvalue weighted by molar-refractivity contribution is 0.0616. The first-order valence-corrected chi connectivity index (χ1v) is 8.57. The van der Waals surface area contributed by atoms with Crippen LogP contribution in [-0.4, -0.2) is 46.4 Å². The average molecular weight is 292 g/mol. The number of hydrogen-bond donors (Lipinski definition) is 1. The summed E-state index contributed by atoms with van der Waals surface area (Å²) < 4.78 is 2.00. The largest absolute Gasteiger partial charge is 0.315 e. The molecule has 1 unspecified atom stereocenters. The van der Waals surface area contributed by atoms with Crippen molar-refractivity contribution in [2.75, 3.05) is 20.1 Å². The molecule has 4 heteroatoms. The highest BCUT2D eigenvalue weighted by atomic mass is 15.3. The minimum atomic E-state index is 0.309. The summed E-state index contributed by atoms with van der Waals surface area (Å²) in [6.07, 6.45) is 9.34. The van der Waals surface area contributed by atoms with Crippen molar-refractivity contribution in [1.82, 2.24) is 20.0 Å². The van der Waals surface area contributed by atoms with Crippen LogP contribution in [0.3, 0.4) is 0 Å². The Balaban J connectivity index is 2.09. The zero-order valence-corrected chi connectivity index (χ0v) is 14.2. The van der Waals surface area contributed by atoms with Gasteiger partial charge in [0.25, 0.3) is 0 Å². The molecule has 0 bridgehead atoms. The second-order valence-corrected chi connectivity index (χ2v) is 6.33. The molecule has 120 valence electrons. The zero-order chi connectivity index (χ0) is 15.3. The third kappa shape index (κ3) is 3.32. The van der Waals surface area contributed by atoms with Crippen LogP contribution < -0.4 is 5.32 Å². The average Bonchev–Trinajstić information content (AvgIpc) is 3.16. The Morgan fingerprint density at radius 3 is 2.43 bits per heavy atom. The molecule has 1 aliphatic rings. The molecular formula is C17H32N4. The molecule has 2 rings (SSSR count). The van der Waals surface area contributed by atoms with Gasteiger partial charge in [-0.15, -0.1) is 0 Å². The zero-order valence-electron chi connectivity index (χ0n) is 14.2. The Kier molecular flexibility index (Phi) is 5.82. The van der Waals surface area contributed by atoms with Crippen LogP contribution in [0, 0.1) is 0 Å². The van der Waals surface area contributed by atoms with Crippen molar-refractivity contribution < 1.29 is 0 Å². The van der Waals surface area contributed by atoms with Crippen molar-refractivity contribution in [3.05, 3.63) is 18.0 Å². The summed E-state index contributed by atoms with van der Waals surface area (Å²) >= 11 is 0. The van der Waals surface area contributed by atoms with E-state index in [0.717, 1.165) is 6.42 Å². The molecule has 0 spiro atoms. The second-order valence-electron chi connectivity index (χ2n) is 6.33. The van der Waals surface area contributed by atoms with E-state index in [1.807, 2.05) is 17.9 Å². The van der Waals surface area contributed by atoms with E-state index in [1.54, 1.807) is 0 Å². The van der Waals surface area contributed by atoms with Crippen molar-refractivity contribution in [2.45, 2.75) is 64.0 Å².